The van der Waals surface area contributed by atoms with Crippen LogP contribution in [0.25, 0.3) is 0 Å². The number of hydrogen-bond acceptors (Lipinski definition) is 2. The quantitative estimate of drug-likeness (QED) is 0.667. The maximum absolute atomic E-state index is 10.8. The summed E-state index contributed by atoms with van der Waals surface area (Å²) in [6.07, 6.45) is 7.09. The van der Waals surface area contributed by atoms with Crippen molar-refractivity contribution in [2.75, 3.05) is 0 Å². The lowest BCUT2D eigenvalue weighted by atomic mass is 9.95. The predicted molar refractivity (Wildman–Crippen MR) is 51.4 cm³/mol. The van der Waals surface area contributed by atoms with E-state index in [4.69, 9.17) is 4.74 Å². The molecule has 0 saturated carbocycles. The van der Waals surface area contributed by atoms with Gasteiger partial charge in [-0.2, -0.15) is 0 Å². The zero-order valence-corrected chi connectivity index (χ0v) is 7.93. The van der Waals surface area contributed by atoms with Gasteiger partial charge in [0.15, 0.2) is 6.29 Å². The van der Waals surface area contributed by atoms with Crippen LogP contribution in [-0.4, -0.2) is 23.1 Å². The molecule has 0 N–H and O–H groups in total. The third-order valence-corrected chi connectivity index (χ3v) is 3.36. The summed E-state index contributed by atoms with van der Waals surface area (Å²) in [7, 11) is 0. The molecule has 2 aliphatic rings. The molecule has 2 saturated heterocycles. The summed E-state index contributed by atoms with van der Waals surface area (Å²) < 4.78 is 7.84. The van der Waals surface area contributed by atoms with E-state index in [2.05, 4.69) is 4.57 Å². The van der Waals surface area contributed by atoms with Crippen LogP contribution in [0.5, 0.6) is 0 Å². The third-order valence-electron chi connectivity index (χ3n) is 3.36. The van der Waals surface area contributed by atoms with Crippen molar-refractivity contribution in [3.8, 4) is 0 Å². The SMILES string of the molecule is O=Cc1cccn1C1CC2CCC1O2. The Labute approximate surface area is 82.7 Å². The molecule has 14 heavy (non-hydrogen) atoms. The summed E-state index contributed by atoms with van der Waals surface area (Å²) in [5, 5.41) is 0. The molecule has 74 valence electrons. The van der Waals surface area contributed by atoms with E-state index in [1.54, 1.807) is 0 Å². The number of aromatic nitrogens is 1. The van der Waals surface area contributed by atoms with Crippen molar-refractivity contribution in [1.29, 1.82) is 0 Å². The van der Waals surface area contributed by atoms with Gasteiger partial charge in [0, 0.05) is 6.20 Å². The van der Waals surface area contributed by atoms with Crippen LogP contribution in [0, 0.1) is 0 Å². The maximum Gasteiger partial charge on any atom is 0.166 e. The second-order valence-corrected chi connectivity index (χ2v) is 4.14. The number of fused-ring (bicyclic) bond motifs is 2. The van der Waals surface area contributed by atoms with Crippen molar-refractivity contribution in [3.05, 3.63) is 24.0 Å². The van der Waals surface area contributed by atoms with Crippen molar-refractivity contribution in [3.63, 3.8) is 0 Å². The number of rotatable bonds is 2. The predicted octanol–water partition coefficient (Wildman–Crippen LogP) is 1.79. The minimum Gasteiger partial charge on any atom is -0.373 e. The van der Waals surface area contributed by atoms with Gasteiger partial charge in [-0.15, -0.1) is 0 Å². The Morgan fingerprint density at radius 1 is 1.50 bits per heavy atom. The average Bonchev–Trinajstić information content (AvgIpc) is 2.92. The summed E-state index contributed by atoms with van der Waals surface area (Å²) in [4.78, 5) is 10.8. The van der Waals surface area contributed by atoms with Gasteiger partial charge in [-0.05, 0) is 31.4 Å². The minimum absolute atomic E-state index is 0.339. The Balaban J connectivity index is 1.92. The van der Waals surface area contributed by atoms with Crippen molar-refractivity contribution in [1.82, 2.24) is 4.57 Å². The Kier molecular flexibility index (Phi) is 1.74. The van der Waals surface area contributed by atoms with Crippen LogP contribution >= 0.6 is 0 Å². The van der Waals surface area contributed by atoms with Gasteiger partial charge in [0.25, 0.3) is 0 Å². The highest BCUT2D eigenvalue weighted by atomic mass is 16.5. The molecule has 1 aromatic rings. The van der Waals surface area contributed by atoms with Crippen molar-refractivity contribution < 1.29 is 9.53 Å². The van der Waals surface area contributed by atoms with E-state index in [9.17, 15) is 4.79 Å². The smallest absolute Gasteiger partial charge is 0.166 e. The fourth-order valence-corrected chi connectivity index (χ4v) is 2.71. The Bertz CT molecular complexity index is 358. The molecule has 1 aromatic heterocycles. The number of hydrogen-bond donors (Lipinski definition) is 0. The van der Waals surface area contributed by atoms with Crippen LogP contribution in [0.1, 0.15) is 35.8 Å². The normalized spacial score (nSPS) is 35.0. The van der Waals surface area contributed by atoms with Crippen molar-refractivity contribution >= 4 is 6.29 Å². The van der Waals surface area contributed by atoms with Crippen LogP contribution in [0.3, 0.4) is 0 Å². The molecular weight excluding hydrogens is 178 g/mol. The monoisotopic (exact) mass is 191 g/mol. The van der Waals surface area contributed by atoms with E-state index in [1.807, 2.05) is 18.3 Å². The van der Waals surface area contributed by atoms with Gasteiger partial charge in [-0.3, -0.25) is 4.79 Å². The average molecular weight is 191 g/mol. The molecule has 3 nitrogen and oxygen atoms in total. The van der Waals surface area contributed by atoms with Gasteiger partial charge in [-0.1, -0.05) is 0 Å². The maximum atomic E-state index is 10.8. The first-order valence-electron chi connectivity index (χ1n) is 5.16. The molecule has 0 aromatic carbocycles. The lowest BCUT2D eigenvalue weighted by Gasteiger charge is -2.21. The second kappa shape index (κ2) is 2.95. The van der Waals surface area contributed by atoms with E-state index in [1.165, 1.54) is 6.42 Å². The van der Waals surface area contributed by atoms with Gasteiger partial charge < -0.3 is 9.30 Å². The summed E-state index contributed by atoms with van der Waals surface area (Å²) >= 11 is 0. The first kappa shape index (κ1) is 8.24. The molecule has 0 amide bonds. The van der Waals surface area contributed by atoms with E-state index in [0.29, 0.717) is 18.2 Å². The number of carbonyl (C=O) groups is 1. The van der Waals surface area contributed by atoms with E-state index >= 15 is 0 Å². The van der Waals surface area contributed by atoms with Crippen molar-refractivity contribution in [2.45, 2.75) is 37.5 Å². The van der Waals surface area contributed by atoms with E-state index < -0.39 is 0 Å². The Morgan fingerprint density at radius 3 is 3.07 bits per heavy atom. The molecule has 3 heteroatoms. The molecular formula is C11H13NO2. The second-order valence-electron chi connectivity index (χ2n) is 4.14. The fourth-order valence-electron chi connectivity index (χ4n) is 2.71. The highest BCUT2D eigenvalue weighted by Gasteiger charge is 2.41. The zero-order chi connectivity index (χ0) is 9.54. The minimum atomic E-state index is 0.339. The lowest BCUT2D eigenvalue weighted by Crippen LogP contribution is -2.21. The van der Waals surface area contributed by atoms with Crippen molar-refractivity contribution in [2.24, 2.45) is 0 Å². The standard InChI is InChI=1S/C11H13NO2/c13-7-8-2-1-5-12(8)10-6-9-3-4-11(10)14-9/h1-2,5,7,9-11H,3-4,6H2. The van der Waals surface area contributed by atoms with Gasteiger partial charge in [0.1, 0.15) is 0 Å². The topological polar surface area (TPSA) is 31.2 Å². The molecule has 3 heterocycles. The number of ether oxygens (including phenoxy) is 1. The highest BCUT2D eigenvalue weighted by molar-refractivity contribution is 5.72. The lowest BCUT2D eigenvalue weighted by molar-refractivity contribution is 0.0931. The van der Waals surface area contributed by atoms with Gasteiger partial charge in [0.2, 0.25) is 0 Å². The number of carbonyl (C=O) groups excluding carboxylic acids is 1. The zero-order valence-electron chi connectivity index (χ0n) is 7.93. The van der Waals surface area contributed by atoms with Crippen LogP contribution in [0.2, 0.25) is 0 Å². The van der Waals surface area contributed by atoms with E-state index in [-0.39, 0.29) is 0 Å². The summed E-state index contributed by atoms with van der Waals surface area (Å²) in [5.74, 6) is 0. The van der Waals surface area contributed by atoms with Gasteiger partial charge in [-0.25, -0.2) is 0 Å². The molecule has 0 spiro atoms. The summed E-state index contributed by atoms with van der Waals surface area (Å²) in [5.41, 5.74) is 0.770. The Morgan fingerprint density at radius 2 is 2.43 bits per heavy atom. The van der Waals surface area contributed by atoms with Gasteiger partial charge in [0.05, 0.1) is 23.9 Å². The van der Waals surface area contributed by atoms with Crippen LogP contribution in [-0.2, 0) is 4.74 Å². The van der Waals surface area contributed by atoms with Crippen LogP contribution in [0.4, 0.5) is 0 Å². The summed E-state index contributed by atoms with van der Waals surface area (Å²) in [6.45, 7) is 0. The number of nitrogens with zero attached hydrogens (tertiary/aromatic N) is 1. The molecule has 3 rings (SSSR count). The first-order valence-corrected chi connectivity index (χ1v) is 5.16. The first-order chi connectivity index (χ1) is 6.88. The fraction of sp³-hybridized carbons (Fsp3) is 0.545. The number of aldehydes is 1. The molecule has 3 atom stereocenters. The van der Waals surface area contributed by atoms with Crippen LogP contribution in [0.15, 0.2) is 18.3 Å². The Hall–Kier alpha value is -1.09. The van der Waals surface area contributed by atoms with E-state index in [0.717, 1.165) is 24.8 Å². The molecule has 2 bridgehead atoms. The largest absolute Gasteiger partial charge is 0.373 e. The van der Waals surface area contributed by atoms with Gasteiger partial charge >= 0.3 is 0 Å². The molecule has 3 unspecified atom stereocenters. The molecule has 2 fully saturated rings. The summed E-state index contributed by atoms with van der Waals surface area (Å²) in [6, 6.07) is 4.18. The van der Waals surface area contributed by atoms with Crippen LogP contribution < -0.4 is 0 Å². The molecule has 2 aliphatic heterocycles. The molecule has 0 aliphatic carbocycles. The molecule has 0 radical (unpaired) electrons. The highest BCUT2D eigenvalue weighted by Crippen LogP contribution is 2.41. The third kappa shape index (κ3) is 1.05.